The number of carbonyl (C=O) groups excluding carboxylic acids is 1. The third-order valence-corrected chi connectivity index (χ3v) is 5.45. The van der Waals surface area contributed by atoms with E-state index in [1.165, 1.54) is 6.33 Å². The first-order chi connectivity index (χ1) is 16.2. The number of benzene rings is 1. The molecule has 0 radical (unpaired) electrons. The summed E-state index contributed by atoms with van der Waals surface area (Å²) in [6.45, 7) is 3.78. The van der Waals surface area contributed by atoms with Crippen LogP contribution in [0.3, 0.4) is 0 Å². The van der Waals surface area contributed by atoms with Crippen molar-refractivity contribution in [1.82, 2.24) is 15.0 Å². The molecule has 1 N–H and O–H groups in total. The second-order valence-corrected chi connectivity index (χ2v) is 7.81. The van der Waals surface area contributed by atoms with Gasteiger partial charge < -0.3 is 14.8 Å². The van der Waals surface area contributed by atoms with E-state index in [0.717, 1.165) is 16.8 Å². The summed E-state index contributed by atoms with van der Waals surface area (Å²) in [6.07, 6.45) is 4.61. The molecule has 1 aliphatic rings. The summed E-state index contributed by atoms with van der Waals surface area (Å²) in [4.78, 5) is 25.2. The molecule has 0 aliphatic carbocycles. The van der Waals surface area contributed by atoms with Crippen molar-refractivity contribution < 1.29 is 14.3 Å². The molecule has 8 heteroatoms. The summed E-state index contributed by atoms with van der Waals surface area (Å²) in [5, 5.41) is 12.0. The first kappa shape index (κ1) is 22.2. The van der Waals surface area contributed by atoms with Gasteiger partial charge in [-0.2, -0.15) is 5.26 Å². The Bertz CT molecular complexity index is 1160. The van der Waals surface area contributed by atoms with Crippen LogP contribution in [-0.2, 0) is 0 Å². The van der Waals surface area contributed by atoms with Crippen LogP contribution in [0, 0.1) is 11.3 Å². The van der Waals surface area contributed by atoms with Crippen molar-refractivity contribution in [2.75, 3.05) is 25.1 Å². The lowest BCUT2D eigenvalue weighted by Crippen LogP contribution is -2.19. The van der Waals surface area contributed by atoms with Crippen molar-refractivity contribution in [1.29, 1.82) is 5.26 Å². The molecule has 0 saturated carbocycles. The van der Waals surface area contributed by atoms with Crippen molar-refractivity contribution in [2.24, 2.45) is 0 Å². The predicted octanol–water partition coefficient (Wildman–Crippen LogP) is 4.40. The van der Waals surface area contributed by atoms with Crippen molar-refractivity contribution >= 4 is 11.6 Å². The number of anilines is 1. The van der Waals surface area contributed by atoms with Crippen LogP contribution in [-0.4, -0.2) is 40.5 Å². The summed E-state index contributed by atoms with van der Waals surface area (Å²) in [7, 11) is 0. The van der Waals surface area contributed by atoms with Gasteiger partial charge in [-0.3, -0.25) is 4.79 Å². The molecule has 3 aromatic rings. The van der Waals surface area contributed by atoms with E-state index in [9.17, 15) is 4.79 Å². The number of hydrogen-bond donors (Lipinski definition) is 1. The number of carbonyl (C=O) groups is 1. The number of nitriles is 1. The molecule has 0 bridgehead atoms. The van der Waals surface area contributed by atoms with Crippen LogP contribution < -0.4 is 14.8 Å². The van der Waals surface area contributed by atoms with Crippen LogP contribution in [0.5, 0.6) is 11.6 Å². The van der Waals surface area contributed by atoms with Gasteiger partial charge in [0.15, 0.2) is 11.5 Å². The summed E-state index contributed by atoms with van der Waals surface area (Å²) < 4.78 is 11.4. The number of pyridine rings is 1. The fourth-order valence-corrected chi connectivity index (χ4v) is 3.64. The van der Waals surface area contributed by atoms with E-state index in [1.54, 1.807) is 18.3 Å². The smallest absolute Gasteiger partial charge is 0.257 e. The number of Topliss-reactive ketones (excluding diaryl/α,β-unsaturated/α-hetero) is 1. The molecule has 0 saturated heterocycles. The van der Waals surface area contributed by atoms with E-state index in [2.05, 4.69) is 33.3 Å². The van der Waals surface area contributed by atoms with Gasteiger partial charge in [-0.15, -0.1) is 0 Å². The molecular formula is C25H25N5O3. The van der Waals surface area contributed by atoms with E-state index in [-0.39, 0.29) is 11.7 Å². The minimum Gasteiger partial charge on any atom is -0.484 e. The summed E-state index contributed by atoms with van der Waals surface area (Å²) >= 11 is 0. The highest BCUT2D eigenvalue weighted by molar-refractivity contribution is 5.96. The number of unbranched alkanes of at least 4 members (excludes halogenated alkanes) is 1. The van der Waals surface area contributed by atoms with Gasteiger partial charge in [0.1, 0.15) is 25.4 Å². The zero-order valence-corrected chi connectivity index (χ0v) is 18.5. The Morgan fingerprint density at radius 1 is 1.15 bits per heavy atom. The Labute approximate surface area is 192 Å². The van der Waals surface area contributed by atoms with Crippen LogP contribution in [0.2, 0.25) is 0 Å². The molecule has 2 aromatic heterocycles. The molecule has 3 heterocycles. The standard InChI is InChI=1S/C25H25N5O3/c1-17(20-9-11-27-25-24(20)32-12-13-33-25)15-28-23-14-21(29-16-30-23)18-5-7-19(8-6-18)22(31)4-2-3-10-26/h5-9,11,14,16-17H,2-4,12-13,15H2,1H3,(H,28,29,30)/t17-/m1/s1. The average molecular weight is 444 g/mol. The van der Waals surface area contributed by atoms with Crippen molar-refractivity contribution in [3.8, 4) is 29.0 Å². The number of ketones is 1. The van der Waals surface area contributed by atoms with Crippen LogP contribution >= 0.6 is 0 Å². The molecule has 1 aromatic carbocycles. The lowest BCUT2D eigenvalue weighted by Gasteiger charge is -2.22. The first-order valence-corrected chi connectivity index (χ1v) is 11.0. The van der Waals surface area contributed by atoms with E-state index < -0.39 is 0 Å². The van der Waals surface area contributed by atoms with Crippen LogP contribution in [0.1, 0.15) is 48.0 Å². The highest BCUT2D eigenvalue weighted by atomic mass is 16.6. The van der Waals surface area contributed by atoms with Gasteiger partial charge >= 0.3 is 0 Å². The number of ether oxygens (including phenoxy) is 2. The van der Waals surface area contributed by atoms with Crippen LogP contribution in [0.25, 0.3) is 11.3 Å². The van der Waals surface area contributed by atoms with Gasteiger partial charge in [-0.25, -0.2) is 15.0 Å². The molecule has 0 amide bonds. The molecule has 0 fully saturated rings. The SMILES string of the molecule is C[C@H](CNc1cc(-c2ccc(C(=O)CCCC#N)cc2)ncn1)c1ccnc2c1OCCO2. The Hall–Kier alpha value is -3.99. The number of nitrogens with one attached hydrogen (secondary N) is 1. The van der Waals surface area contributed by atoms with E-state index in [1.807, 2.05) is 24.3 Å². The monoisotopic (exact) mass is 443 g/mol. The quantitative estimate of drug-likeness (QED) is 0.383. The Morgan fingerprint density at radius 3 is 2.79 bits per heavy atom. The predicted molar refractivity (Wildman–Crippen MR) is 123 cm³/mol. The fraction of sp³-hybridized carbons (Fsp3) is 0.320. The Kier molecular flexibility index (Phi) is 7.10. The number of nitrogens with zero attached hydrogens (tertiary/aromatic N) is 4. The minimum absolute atomic E-state index is 0.0449. The lowest BCUT2D eigenvalue weighted by molar-refractivity contribution is 0.0980. The van der Waals surface area contributed by atoms with Crippen molar-refractivity contribution in [3.05, 3.63) is 60.0 Å². The summed E-state index contributed by atoms with van der Waals surface area (Å²) in [5.41, 5.74) is 3.35. The molecule has 4 rings (SSSR count). The van der Waals surface area contributed by atoms with E-state index in [4.69, 9.17) is 14.7 Å². The average Bonchev–Trinajstić information content (AvgIpc) is 2.87. The molecular weight excluding hydrogens is 418 g/mol. The Balaban J connectivity index is 1.40. The van der Waals surface area contributed by atoms with Gasteiger partial charge in [0.2, 0.25) is 0 Å². The maximum atomic E-state index is 12.2. The lowest BCUT2D eigenvalue weighted by atomic mass is 10.0. The van der Waals surface area contributed by atoms with Crippen LogP contribution in [0.4, 0.5) is 5.82 Å². The first-order valence-electron chi connectivity index (χ1n) is 11.0. The van der Waals surface area contributed by atoms with Gasteiger partial charge in [0.25, 0.3) is 5.88 Å². The fourth-order valence-electron chi connectivity index (χ4n) is 3.64. The third kappa shape index (κ3) is 5.44. The number of rotatable bonds is 9. The normalized spacial score (nSPS) is 13.1. The molecule has 0 spiro atoms. The van der Waals surface area contributed by atoms with Gasteiger partial charge in [0, 0.05) is 54.3 Å². The minimum atomic E-state index is 0.0449. The maximum absolute atomic E-state index is 12.2. The molecule has 33 heavy (non-hydrogen) atoms. The largest absolute Gasteiger partial charge is 0.484 e. The number of aromatic nitrogens is 3. The zero-order valence-electron chi connectivity index (χ0n) is 18.5. The maximum Gasteiger partial charge on any atom is 0.257 e. The van der Waals surface area contributed by atoms with Gasteiger partial charge in [-0.1, -0.05) is 31.2 Å². The number of hydrogen-bond acceptors (Lipinski definition) is 8. The molecule has 168 valence electrons. The van der Waals surface area contributed by atoms with Crippen molar-refractivity contribution in [3.63, 3.8) is 0 Å². The van der Waals surface area contributed by atoms with E-state index in [0.29, 0.717) is 62.0 Å². The number of fused-ring (bicyclic) bond motifs is 1. The van der Waals surface area contributed by atoms with E-state index >= 15 is 0 Å². The van der Waals surface area contributed by atoms with Crippen LogP contribution in [0.15, 0.2) is 48.9 Å². The third-order valence-electron chi connectivity index (χ3n) is 5.45. The Morgan fingerprint density at radius 2 is 1.97 bits per heavy atom. The molecule has 1 atom stereocenters. The molecule has 8 nitrogen and oxygen atoms in total. The summed E-state index contributed by atoms with van der Waals surface area (Å²) in [5.74, 6) is 2.16. The molecule has 1 aliphatic heterocycles. The topological polar surface area (TPSA) is 110 Å². The highest BCUT2D eigenvalue weighted by Gasteiger charge is 2.20. The van der Waals surface area contributed by atoms with Gasteiger partial charge in [-0.05, 0) is 12.5 Å². The zero-order chi connectivity index (χ0) is 23.0. The van der Waals surface area contributed by atoms with Crippen molar-refractivity contribution in [2.45, 2.75) is 32.1 Å². The highest BCUT2D eigenvalue weighted by Crippen LogP contribution is 2.35. The van der Waals surface area contributed by atoms with Gasteiger partial charge in [0.05, 0.1) is 11.8 Å². The summed E-state index contributed by atoms with van der Waals surface area (Å²) in [6, 6.07) is 13.3. The molecule has 0 unspecified atom stereocenters. The second kappa shape index (κ2) is 10.6. The second-order valence-electron chi connectivity index (χ2n) is 7.81.